The van der Waals surface area contributed by atoms with Crippen LogP contribution in [0.15, 0.2) is 23.1 Å². The SMILES string of the molecule is Cc1cc2c(cc1C=O)[nH]c(=O)c1cnc(C3CCOCC3)n12. The molecule has 1 N–H and O–H groups in total. The summed E-state index contributed by atoms with van der Waals surface area (Å²) < 4.78 is 7.36. The Kier molecular flexibility index (Phi) is 3.27. The first kappa shape index (κ1) is 14.1. The Morgan fingerprint density at radius 2 is 2.09 bits per heavy atom. The predicted molar refractivity (Wildman–Crippen MR) is 86.2 cm³/mol. The van der Waals surface area contributed by atoms with E-state index in [1.807, 2.05) is 17.4 Å². The number of nitrogens with zero attached hydrogens (tertiary/aromatic N) is 2. The van der Waals surface area contributed by atoms with Gasteiger partial charge in [-0.1, -0.05) is 0 Å². The zero-order chi connectivity index (χ0) is 16.0. The second-order valence-electron chi connectivity index (χ2n) is 6.02. The molecule has 6 nitrogen and oxygen atoms in total. The molecule has 1 aromatic carbocycles. The molecule has 1 aliphatic rings. The van der Waals surface area contributed by atoms with E-state index in [1.54, 1.807) is 12.3 Å². The highest BCUT2D eigenvalue weighted by molar-refractivity contribution is 5.88. The topological polar surface area (TPSA) is 76.5 Å². The van der Waals surface area contributed by atoms with Gasteiger partial charge in [-0.15, -0.1) is 0 Å². The molecule has 1 fully saturated rings. The summed E-state index contributed by atoms with van der Waals surface area (Å²) in [6.45, 7) is 3.33. The van der Waals surface area contributed by atoms with Crippen LogP contribution in [-0.2, 0) is 4.74 Å². The molecule has 0 spiro atoms. The number of nitrogens with one attached hydrogen (secondary N) is 1. The van der Waals surface area contributed by atoms with Crippen molar-refractivity contribution in [2.45, 2.75) is 25.7 Å². The van der Waals surface area contributed by atoms with E-state index in [4.69, 9.17) is 4.74 Å². The predicted octanol–water partition coefficient (Wildman–Crippen LogP) is 2.19. The zero-order valence-electron chi connectivity index (χ0n) is 12.8. The van der Waals surface area contributed by atoms with Gasteiger partial charge in [0.25, 0.3) is 5.56 Å². The number of rotatable bonds is 2. The van der Waals surface area contributed by atoms with Crippen LogP contribution in [0.4, 0.5) is 0 Å². The highest BCUT2D eigenvalue weighted by Crippen LogP contribution is 2.28. The van der Waals surface area contributed by atoms with Crippen molar-refractivity contribution in [1.29, 1.82) is 0 Å². The summed E-state index contributed by atoms with van der Waals surface area (Å²) >= 11 is 0. The maximum Gasteiger partial charge on any atom is 0.274 e. The number of carbonyl (C=O) groups excluding carboxylic acids is 1. The first-order valence-electron chi connectivity index (χ1n) is 7.76. The smallest absolute Gasteiger partial charge is 0.274 e. The van der Waals surface area contributed by atoms with E-state index in [0.717, 1.165) is 49.2 Å². The van der Waals surface area contributed by atoms with E-state index in [0.29, 0.717) is 16.6 Å². The summed E-state index contributed by atoms with van der Waals surface area (Å²) in [7, 11) is 0. The minimum absolute atomic E-state index is 0.191. The van der Waals surface area contributed by atoms with E-state index >= 15 is 0 Å². The molecular formula is C17H17N3O3. The number of aromatic amines is 1. The van der Waals surface area contributed by atoms with Gasteiger partial charge in [0.05, 0.1) is 17.2 Å². The lowest BCUT2D eigenvalue weighted by Gasteiger charge is -2.21. The van der Waals surface area contributed by atoms with Gasteiger partial charge in [-0.2, -0.15) is 0 Å². The van der Waals surface area contributed by atoms with E-state index in [9.17, 15) is 9.59 Å². The Bertz CT molecular complexity index is 965. The molecule has 4 rings (SSSR count). The van der Waals surface area contributed by atoms with Crippen LogP contribution < -0.4 is 5.56 Å². The van der Waals surface area contributed by atoms with Gasteiger partial charge >= 0.3 is 0 Å². The second kappa shape index (κ2) is 5.31. The van der Waals surface area contributed by atoms with Crippen molar-refractivity contribution >= 4 is 22.8 Å². The van der Waals surface area contributed by atoms with Gasteiger partial charge in [-0.05, 0) is 37.5 Å². The molecule has 0 bridgehead atoms. The van der Waals surface area contributed by atoms with Crippen molar-refractivity contribution in [2.75, 3.05) is 13.2 Å². The van der Waals surface area contributed by atoms with Gasteiger partial charge in [-0.3, -0.25) is 14.0 Å². The van der Waals surface area contributed by atoms with Crippen LogP contribution in [0.25, 0.3) is 16.6 Å². The normalized spacial score (nSPS) is 16.2. The number of hydrogen-bond donors (Lipinski definition) is 1. The summed E-state index contributed by atoms with van der Waals surface area (Å²) in [5.74, 6) is 1.18. The van der Waals surface area contributed by atoms with Gasteiger partial charge in [-0.25, -0.2) is 4.98 Å². The molecule has 118 valence electrons. The molecule has 0 atom stereocenters. The van der Waals surface area contributed by atoms with Crippen molar-refractivity contribution in [2.24, 2.45) is 0 Å². The Balaban J connectivity index is 2.05. The standard InChI is InChI=1S/C17H17N3O3/c1-10-6-14-13(7-12(10)9-21)19-17(22)15-8-18-16(20(14)15)11-2-4-23-5-3-11/h6-9,11H,2-5H2,1H3,(H,19,22). The zero-order valence-corrected chi connectivity index (χ0v) is 12.8. The average molecular weight is 311 g/mol. The lowest BCUT2D eigenvalue weighted by Crippen LogP contribution is -2.18. The van der Waals surface area contributed by atoms with Crippen LogP contribution in [0.2, 0.25) is 0 Å². The lowest BCUT2D eigenvalue weighted by atomic mass is 9.99. The Labute approximate surface area is 132 Å². The molecule has 0 radical (unpaired) electrons. The van der Waals surface area contributed by atoms with Crippen molar-refractivity contribution in [1.82, 2.24) is 14.4 Å². The third-order valence-corrected chi connectivity index (χ3v) is 4.61. The molecule has 0 saturated carbocycles. The van der Waals surface area contributed by atoms with Gasteiger partial charge in [0.1, 0.15) is 17.6 Å². The van der Waals surface area contributed by atoms with Gasteiger partial charge < -0.3 is 9.72 Å². The van der Waals surface area contributed by atoms with Gasteiger partial charge in [0.15, 0.2) is 0 Å². The van der Waals surface area contributed by atoms with Crippen molar-refractivity contribution in [3.63, 3.8) is 0 Å². The maximum absolute atomic E-state index is 12.3. The van der Waals surface area contributed by atoms with Crippen molar-refractivity contribution in [3.8, 4) is 0 Å². The number of hydrogen-bond acceptors (Lipinski definition) is 4. The highest BCUT2D eigenvalue weighted by Gasteiger charge is 2.22. The van der Waals surface area contributed by atoms with Crippen molar-refractivity contribution in [3.05, 3.63) is 45.6 Å². The largest absolute Gasteiger partial charge is 0.381 e. The molecule has 3 aromatic rings. The number of ether oxygens (including phenoxy) is 1. The number of fused-ring (bicyclic) bond motifs is 3. The van der Waals surface area contributed by atoms with Crippen LogP contribution in [0, 0.1) is 6.92 Å². The lowest BCUT2D eigenvalue weighted by molar-refractivity contribution is 0.0835. The first-order valence-corrected chi connectivity index (χ1v) is 7.76. The van der Waals surface area contributed by atoms with Crippen LogP contribution in [-0.4, -0.2) is 33.9 Å². The molecule has 1 saturated heterocycles. The molecular weight excluding hydrogens is 294 g/mol. The van der Waals surface area contributed by atoms with Crippen LogP contribution in [0.5, 0.6) is 0 Å². The fourth-order valence-electron chi connectivity index (χ4n) is 3.33. The Morgan fingerprint density at radius 1 is 1.30 bits per heavy atom. The summed E-state index contributed by atoms with van der Waals surface area (Å²) in [4.78, 5) is 30.9. The fourth-order valence-corrected chi connectivity index (χ4v) is 3.33. The van der Waals surface area contributed by atoms with Crippen molar-refractivity contribution < 1.29 is 9.53 Å². The number of imidazole rings is 1. The van der Waals surface area contributed by atoms with E-state index in [2.05, 4.69) is 9.97 Å². The number of H-pyrrole nitrogens is 1. The monoisotopic (exact) mass is 311 g/mol. The fraction of sp³-hybridized carbons (Fsp3) is 0.353. The Hall–Kier alpha value is -2.47. The molecule has 0 unspecified atom stereocenters. The Morgan fingerprint density at radius 3 is 2.83 bits per heavy atom. The number of aryl methyl sites for hydroxylation is 1. The average Bonchev–Trinajstić information content (AvgIpc) is 3.02. The second-order valence-corrected chi connectivity index (χ2v) is 6.02. The summed E-state index contributed by atoms with van der Waals surface area (Å²) in [5, 5.41) is 0. The van der Waals surface area contributed by atoms with Crippen LogP contribution in [0.1, 0.15) is 40.5 Å². The number of benzene rings is 1. The summed E-state index contributed by atoms with van der Waals surface area (Å²) in [5.41, 5.74) is 3.34. The first-order chi connectivity index (χ1) is 11.2. The van der Waals surface area contributed by atoms with Crippen LogP contribution >= 0.6 is 0 Å². The van der Waals surface area contributed by atoms with Gasteiger partial charge in [0.2, 0.25) is 0 Å². The molecule has 23 heavy (non-hydrogen) atoms. The van der Waals surface area contributed by atoms with E-state index in [1.165, 1.54) is 0 Å². The third-order valence-electron chi connectivity index (χ3n) is 4.61. The van der Waals surface area contributed by atoms with Gasteiger partial charge in [0, 0.05) is 24.7 Å². The molecule has 0 amide bonds. The van der Waals surface area contributed by atoms with E-state index in [-0.39, 0.29) is 11.5 Å². The maximum atomic E-state index is 12.3. The number of aromatic nitrogens is 3. The molecule has 2 aromatic heterocycles. The minimum atomic E-state index is -0.191. The number of carbonyl (C=O) groups is 1. The minimum Gasteiger partial charge on any atom is -0.381 e. The molecule has 3 heterocycles. The summed E-state index contributed by atoms with van der Waals surface area (Å²) in [6, 6.07) is 3.67. The summed E-state index contributed by atoms with van der Waals surface area (Å²) in [6.07, 6.45) is 4.24. The third kappa shape index (κ3) is 2.17. The van der Waals surface area contributed by atoms with E-state index < -0.39 is 0 Å². The quantitative estimate of drug-likeness (QED) is 0.736. The number of aldehydes is 1. The molecule has 6 heteroatoms. The molecule has 0 aliphatic carbocycles. The molecule has 1 aliphatic heterocycles. The highest BCUT2D eigenvalue weighted by atomic mass is 16.5. The van der Waals surface area contributed by atoms with Crippen LogP contribution in [0.3, 0.4) is 0 Å².